The van der Waals surface area contributed by atoms with Gasteiger partial charge in [0.1, 0.15) is 18.1 Å². The quantitative estimate of drug-likeness (QED) is 0.398. The van der Waals surface area contributed by atoms with E-state index in [1.807, 2.05) is 16.4 Å². The molecule has 1 unspecified atom stereocenters. The molecule has 1 aromatic rings. The minimum Gasteiger partial charge on any atom is -0.497 e. The van der Waals surface area contributed by atoms with Gasteiger partial charge in [-0.2, -0.15) is 0 Å². The van der Waals surface area contributed by atoms with Crippen LogP contribution < -0.4 is 14.8 Å². The van der Waals surface area contributed by atoms with Crippen LogP contribution in [0.4, 0.5) is 0 Å². The van der Waals surface area contributed by atoms with Gasteiger partial charge in [0, 0.05) is 17.8 Å². The van der Waals surface area contributed by atoms with Crippen molar-refractivity contribution in [3.05, 3.63) is 58.8 Å². The molecular weight excluding hydrogens is 454 g/mol. The van der Waals surface area contributed by atoms with E-state index in [2.05, 4.69) is 16.9 Å². The van der Waals surface area contributed by atoms with Gasteiger partial charge in [-0.15, -0.1) is 0 Å². The molecule has 0 aromatic heterocycles. The highest BCUT2D eigenvalue weighted by atomic mass is 32.2. The van der Waals surface area contributed by atoms with Gasteiger partial charge >= 0.3 is 5.97 Å². The van der Waals surface area contributed by atoms with E-state index >= 15 is 0 Å². The van der Waals surface area contributed by atoms with Gasteiger partial charge in [-0.1, -0.05) is 24.4 Å². The number of hydrogen-bond acceptors (Lipinski definition) is 8. The summed E-state index contributed by atoms with van der Waals surface area (Å²) in [6, 6.07) is 4.84. The molecule has 4 rings (SSSR count). The number of benzene rings is 1. The van der Waals surface area contributed by atoms with E-state index in [0.29, 0.717) is 46.0 Å². The van der Waals surface area contributed by atoms with Crippen LogP contribution in [0.5, 0.6) is 11.5 Å². The van der Waals surface area contributed by atoms with Gasteiger partial charge in [-0.25, -0.2) is 9.79 Å². The number of rotatable bonds is 10. The van der Waals surface area contributed by atoms with Crippen LogP contribution in [0.15, 0.2) is 58.2 Å². The maximum Gasteiger partial charge on any atom is 0.338 e. The fraction of sp³-hybridized carbons (Fsp3) is 0.400. The molecule has 0 radical (unpaired) electrons. The van der Waals surface area contributed by atoms with Crippen LogP contribution in [-0.4, -0.2) is 49.3 Å². The average Bonchev–Trinajstić information content (AvgIpc) is 3.60. The monoisotopic (exact) mass is 483 g/mol. The Morgan fingerprint density at radius 3 is 2.76 bits per heavy atom. The molecule has 1 aromatic carbocycles. The molecule has 8 nitrogen and oxygen atoms in total. The molecule has 2 heterocycles. The molecule has 1 saturated carbocycles. The normalized spacial score (nSPS) is 19.1. The summed E-state index contributed by atoms with van der Waals surface area (Å²) in [4.78, 5) is 32.5. The van der Waals surface area contributed by atoms with Gasteiger partial charge in [0.05, 0.1) is 38.0 Å². The Hall–Kier alpha value is -3.20. The first kappa shape index (κ1) is 23.9. The molecule has 0 saturated heterocycles. The van der Waals surface area contributed by atoms with Crippen molar-refractivity contribution >= 4 is 28.8 Å². The van der Waals surface area contributed by atoms with Crippen LogP contribution in [0.3, 0.4) is 0 Å². The second-order valence-electron chi connectivity index (χ2n) is 8.31. The number of nitrogens with zero attached hydrogens (tertiary/aromatic N) is 2. The molecule has 2 aliphatic heterocycles. The number of amidine groups is 1. The Bertz CT molecular complexity index is 1090. The van der Waals surface area contributed by atoms with Crippen molar-refractivity contribution in [2.24, 2.45) is 10.9 Å². The number of hydrogen-bond donors (Lipinski definition) is 1. The van der Waals surface area contributed by atoms with Crippen LogP contribution in [0.1, 0.15) is 37.8 Å². The minimum atomic E-state index is -0.604. The average molecular weight is 484 g/mol. The lowest BCUT2D eigenvalue weighted by Gasteiger charge is -2.36. The highest BCUT2D eigenvalue weighted by Gasteiger charge is 2.42. The van der Waals surface area contributed by atoms with Crippen molar-refractivity contribution in [2.75, 3.05) is 27.4 Å². The Kier molecular flexibility index (Phi) is 7.31. The SMILES string of the molecule is C=CCOC(=O)C1=C(C)N=C2SC=C(CC(=O)NCC3CC3)N2C1c1cc(OC)ccc1OC. The third-order valence-corrected chi connectivity index (χ3v) is 6.80. The van der Waals surface area contributed by atoms with Crippen molar-refractivity contribution in [1.82, 2.24) is 10.2 Å². The second-order valence-corrected chi connectivity index (χ2v) is 9.15. The topological polar surface area (TPSA) is 89.5 Å². The van der Waals surface area contributed by atoms with Crippen LogP contribution in [0.2, 0.25) is 0 Å². The zero-order valence-corrected chi connectivity index (χ0v) is 20.4. The summed E-state index contributed by atoms with van der Waals surface area (Å²) in [6.45, 7) is 6.20. The first-order valence-corrected chi connectivity index (χ1v) is 12.1. The van der Waals surface area contributed by atoms with Crippen molar-refractivity contribution in [1.29, 1.82) is 0 Å². The fourth-order valence-corrected chi connectivity index (χ4v) is 4.96. The number of aliphatic imine (C=N–C) groups is 1. The number of esters is 1. The standard InChI is InChI=1S/C25H29N3O5S/c1-5-10-33-24(30)22-15(2)27-25-28(17(14-34-25)11-21(29)26-13-16-6-7-16)23(22)19-12-18(31-3)8-9-20(19)32-4/h5,8-9,12,14,16,23H,1,6-7,10-11,13H2,2-4H3,(H,26,29). The number of carbonyl (C=O) groups is 2. The smallest absolute Gasteiger partial charge is 0.338 e. The third kappa shape index (κ3) is 4.99. The second kappa shape index (κ2) is 10.4. The summed E-state index contributed by atoms with van der Waals surface area (Å²) in [6.07, 6.45) is 4.03. The van der Waals surface area contributed by atoms with Crippen LogP contribution in [0.25, 0.3) is 0 Å². The van der Waals surface area contributed by atoms with Crippen LogP contribution in [-0.2, 0) is 14.3 Å². The third-order valence-electron chi connectivity index (χ3n) is 5.91. The number of methoxy groups -OCH3 is 2. The number of allylic oxidation sites excluding steroid dienone is 1. The highest BCUT2D eigenvalue weighted by Crippen LogP contribution is 2.47. The molecule has 9 heteroatoms. The zero-order valence-electron chi connectivity index (χ0n) is 19.6. The van der Waals surface area contributed by atoms with Crippen LogP contribution in [0, 0.1) is 5.92 Å². The molecule has 0 spiro atoms. The van der Waals surface area contributed by atoms with E-state index in [9.17, 15) is 9.59 Å². The summed E-state index contributed by atoms with van der Waals surface area (Å²) in [7, 11) is 3.16. The van der Waals surface area contributed by atoms with E-state index in [0.717, 1.165) is 5.70 Å². The van der Waals surface area contributed by atoms with Crippen molar-refractivity contribution in [2.45, 2.75) is 32.2 Å². The van der Waals surface area contributed by atoms with E-state index in [1.165, 1.54) is 30.7 Å². The summed E-state index contributed by atoms with van der Waals surface area (Å²) in [5.74, 6) is 1.25. The van der Waals surface area contributed by atoms with Gasteiger partial charge in [0.15, 0.2) is 5.17 Å². The lowest BCUT2D eigenvalue weighted by atomic mass is 9.92. The van der Waals surface area contributed by atoms with E-state index < -0.39 is 12.0 Å². The van der Waals surface area contributed by atoms with E-state index in [1.54, 1.807) is 33.3 Å². The molecule has 1 fully saturated rings. The number of ether oxygens (including phenoxy) is 3. The van der Waals surface area contributed by atoms with Crippen molar-refractivity contribution in [3.63, 3.8) is 0 Å². The molecule has 180 valence electrons. The molecule has 1 N–H and O–H groups in total. The number of nitrogens with one attached hydrogen (secondary N) is 1. The molecule has 1 atom stereocenters. The molecule has 34 heavy (non-hydrogen) atoms. The fourth-order valence-electron chi connectivity index (χ4n) is 4.00. The predicted molar refractivity (Wildman–Crippen MR) is 131 cm³/mol. The maximum atomic E-state index is 13.2. The molecule has 1 aliphatic carbocycles. The number of thioether (sulfide) groups is 1. The largest absolute Gasteiger partial charge is 0.497 e. The molecule has 1 amide bonds. The highest BCUT2D eigenvalue weighted by molar-refractivity contribution is 8.16. The zero-order chi connectivity index (χ0) is 24.2. The summed E-state index contributed by atoms with van der Waals surface area (Å²) in [5.41, 5.74) is 2.40. The number of fused-ring (bicyclic) bond motifs is 1. The van der Waals surface area contributed by atoms with Gasteiger partial charge in [-0.3, -0.25) is 4.79 Å². The Morgan fingerprint density at radius 1 is 1.29 bits per heavy atom. The summed E-state index contributed by atoms with van der Waals surface area (Å²) < 4.78 is 16.6. The lowest BCUT2D eigenvalue weighted by Crippen LogP contribution is -2.38. The van der Waals surface area contributed by atoms with Gasteiger partial charge in [0.2, 0.25) is 5.91 Å². The van der Waals surface area contributed by atoms with Gasteiger partial charge < -0.3 is 24.4 Å². The first-order chi connectivity index (χ1) is 16.5. The van der Waals surface area contributed by atoms with Gasteiger partial charge in [-0.05, 0) is 49.3 Å². The van der Waals surface area contributed by atoms with Crippen molar-refractivity contribution in [3.8, 4) is 11.5 Å². The van der Waals surface area contributed by atoms with E-state index in [4.69, 9.17) is 14.2 Å². The van der Waals surface area contributed by atoms with E-state index in [-0.39, 0.29) is 18.9 Å². The predicted octanol–water partition coefficient (Wildman–Crippen LogP) is 3.92. The maximum absolute atomic E-state index is 13.2. The van der Waals surface area contributed by atoms with Gasteiger partial charge in [0.25, 0.3) is 0 Å². The number of carbonyl (C=O) groups excluding carboxylic acids is 2. The summed E-state index contributed by atoms with van der Waals surface area (Å²) in [5, 5.41) is 5.63. The Labute approximate surface area is 203 Å². The Balaban J connectivity index is 1.74. The molecular formula is C25H29N3O5S. The molecule has 0 bridgehead atoms. The number of amides is 1. The minimum absolute atomic E-state index is 0.0570. The lowest BCUT2D eigenvalue weighted by molar-refractivity contribution is -0.138. The summed E-state index contributed by atoms with van der Waals surface area (Å²) >= 11 is 1.43. The molecule has 3 aliphatic rings. The Morgan fingerprint density at radius 2 is 2.09 bits per heavy atom. The van der Waals surface area contributed by atoms with Crippen LogP contribution >= 0.6 is 11.8 Å². The van der Waals surface area contributed by atoms with Crippen molar-refractivity contribution < 1.29 is 23.8 Å². The first-order valence-electron chi connectivity index (χ1n) is 11.2.